The molecule has 0 radical (unpaired) electrons. The molecule has 5 nitrogen and oxygen atoms in total. The van der Waals surface area contributed by atoms with Crippen LogP contribution < -0.4 is 10.6 Å². The number of nitrogens with one attached hydrogen (secondary N) is 2. The van der Waals surface area contributed by atoms with E-state index in [1.807, 2.05) is 7.05 Å². The lowest BCUT2D eigenvalue weighted by atomic mass is 10.3. The van der Waals surface area contributed by atoms with E-state index in [2.05, 4.69) is 27.4 Å². The third kappa shape index (κ3) is 9.45. The number of morpholine rings is 1. The van der Waals surface area contributed by atoms with Gasteiger partial charge in [-0.25, -0.2) is 0 Å². The highest BCUT2D eigenvalue weighted by atomic mass is 127. The molecule has 0 unspecified atom stereocenters. The quantitative estimate of drug-likeness (QED) is 0.301. The summed E-state index contributed by atoms with van der Waals surface area (Å²) in [5.74, 6) is 0.920. The summed E-state index contributed by atoms with van der Waals surface area (Å²) in [6, 6.07) is 0. The van der Waals surface area contributed by atoms with Gasteiger partial charge in [0, 0.05) is 33.2 Å². The van der Waals surface area contributed by atoms with Crippen molar-refractivity contribution in [3.63, 3.8) is 0 Å². The number of hydrogen-bond acceptors (Lipinski definition) is 3. The lowest BCUT2D eigenvalue weighted by Gasteiger charge is -2.26. The Balaban J connectivity index is 0.00000324. The van der Waals surface area contributed by atoms with Crippen LogP contribution in [0.25, 0.3) is 0 Å². The molecule has 1 saturated heterocycles. The van der Waals surface area contributed by atoms with E-state index in [1.165, 1.54) is 19.4 Å². The predicted octanol–water partition coefficient (Wildman–Crippen LogP) is 1.29. The van der Waals surface area contributed by atoms with Crippen LogP contribution in [0, 0.1) is 0 Å². The SMILES string of the molecule is CCCNC(=NC)NCCCCN1CCOCC1.I. The second-order valence-corrected chi connectivity index (χ2v) is 4.59. The standard InChI is InChI=1S/C13H28N4O.HI/c1-3-6-15-13(14-2)16-7-4-5-8-17-9-11-18-12-10-17;/h3-12H2,1-2H3,(H2,14,15,16);1H. The van der Waals surface area contributed by atoms with Crippen LogP contribution in [-0.2, 0) is 4.74 Å². The summed E-state index contributed by atoms with van der Waals surface area (Å²) in [6.07, 6.45) is 3.54. The van der Waals surface area contributed by atoms with E-state index in [4.69, 9.17) is 4.74 Å². The Morgan fingerprint density at radius 3 is 2.47 bits per heavy atom. The first kappa shape index (κ1) is 18.9. The molecule has 1 fully saturated rings. The fourth-order valence-electron chi connectivity index (χ4n) is 1.96. The van der Waals surface area contributed by atoms with Crippen molar-refractivity contribution < 1.29 is 4.74 Å². The van der Waals surface area contributed by atoms with Gasteiger partial charge in [-0.05, 0) is 25.8 Å². The first-order chi connectivity index (χ1) is 8.86. The van der Waals surface area contributed by atoms with Crippen molar-refractivity contribution in [1.82, 2.24) is 15.5 Å². The van der Waals surface area contributed by atoms with Gasteiger partial charge in [-0.3, -0.25) is 9.89 Å². The average molecular weight is 384 g/mol. The molecule has 1 heterocycles. The number of unbranched alkanes of at least 4 members (excludes halogenated alkanes) is 1. The molecule has 6 heteroatoms. The zero-order valence-corrected chi connectivity index (χ0v) is 14.6. The molecule has 1 aliphatic rings. The molecule has 0 saturated carbocycles. The Morgan fingerprint density at radius 2 is 1.84 bits per heavy atom. The smallest absolute Gasteiger partial charge is 0.190 e. The van der Waals surface area contributed by atoms with E-state index < -0.39 is 0 Å². The third-order valence-electron chi connectivity index (χ3n) is 3.06. The lowest BCUT2D eigenvalue weighted by Crippen LogP contribution is -2.39. The van der Waals surface area contributed by atoms with Gasteiger partial charge in [0.15, 0.2) is 5.96 Å². The summed E-state index contributed by atoms with van der Waals surface area (Å²) < 4.78 is 5.33. The number of hydrogen-bond donors (Lipinski definition) is 2. The number of aliphatic imine (C=N–C) groups is 1. The Hall–Kier alpha value is -0.0800. The van der Waals surface area contributed by atoms with Crippen molar-refractivity contribution in [2.45, 2.75) is 26.2 Å². The van der Waals surface area contributed by atoms with Crippen LogP contribution in [0.4, 0.5) is 0 Å². The highest BCUT2D eigenvalue weighted by Crippen LogP contribution is 1.99. The van der Waals surface area contributed by atoms with Crippen molar-refractivity contribution >= 4 is 29.9 Å². The zero-order valence-electron chi connectivity index (χ0n) is 12.3. The second kappa shape index (κ2) is 12.9. The number of guanidine groups is 1. The molecular weight excluding hydrogens is 355 g/mol. The topological polar surface area (TPSA) is 48.9 Å². The van der Waals surface area contributed by atoms with E-state index in [-0.39, 0.29) is 24.0 Å². The number of ether oxygens (including phenoxy) is 1. The van der Waals surface area contributed by atoms with Crippen LogP contribution in [-0.4, -0.2) is 63.8 Å². The van der Waals surface area contributed by atoms with Crippen molar-refractivity contribution in [1.29, 1.82) is 0 Å². The lowest BCUT2D eigenvalue weighted by molar-refractivity contribution is 0.0372. The molecule has 19 heavy (non-hydrogen) atoms. The van der Waals surface area contributed by atoms with Gasteiger partial charge in [-0.1, -0.05) is 6.92 Å². The second-order valence-electron chi connectivity index (χ2n) is 4.59. The van der Waals surface area contributed by atoms with Gasteiger partial charge in [0.05, 0.1) is 13.2 Å². The van der Waals surface area contributed by atoms with E-state index in [1.54, 1.807) is 0 Å². The molecule has 1 rings (SSSR count). The van der Waals surface area contributed by atoms with Crippen LogP contribution in [0.2, 0.25) is 0 Å². The first-order valence-corrected chi connectivity index (χ1v) is 7.11. The normalized spacial score (nSPS) is 16.8. The summed E-state index contributed by atoms with van der Waals surface area (Å²) in [4.78, 5) is 6.66. The van der Waals surface area contributed by atoms with Gasteiger partial charge in [0.25, 0.3) is 0 Å². The minimum absolute atomic E-state index is 0. The molecule has 0 bridgehead atoms. The van der Waals surface area contributed by atoms with Crippen LogP contribution in [0.15, 0.2) is 4.99 Å². The van der Waals surface area contributed by atoms with Crippen LogP contribution in [0.5, 0.6) is 0 Å². The Kier molecular flexibility index (Phi) is 12.9. The monoisotopic (exact) mass is 384 g/mol. The average Bonchev–Trinajstić information content (AvgIpc) is 2.43. The van der Waals surface area contributed by atoms with Crippen LogP contribution in [0.3, 0.4) is 0 Å². The molecule has 0 aromatic carbocycles. The predicted molar refractivity (Wildman–Crippen MR) is 91.6 cm³/mol. The number of nitrogens with zero attached hydrogens (tertiary/aromatic N) is 2. The van der Waals surface area contributed by atoms with Gasteiger partial charge >= 0.3 is 0 Å². The summed E-state index contributed by atoms with van der Waals surface area (Å²) in [5.41, 5.74) is 0. The van der Waals surface area contributed by atoms with Crippen LogP contribution >= 0.6 is 24.0 Å². The van der Waals surface area contributed by atoms with Gasteiger partial charge < -0.3 is 15.4 Å². The maximum atomic E-state index is 5.33. The zero-order chi connectivity index (χ0) is 13.1. The summed E-state index contributed by atoms with van der Waals surface area (Å²) in [7, 11) is 1.82. The molecule has 1 aliphatic heterocycles. The highest BCUT2D eigenvalue weighted by molar-refractivity contribution is 14.0. The summed E-state index contributed by atoms with van der Waals surface area (Å²) >= 11 is 0. The fraction of sp³-hybridized carbons (Fsp3) is 0.923. The van der Waals surface area contributed by atoms with E-state index in [9.17, 15) is 0 Å². The highest BCUT2D eigenvalue weighted by Gasteiger charge is 2.08. The van der Waals surface area contributed by atoms with Gasteiger partial charge in [0.2, 0.25) is 0 Å². The minimum Gasteiger partial charge on any atom is -0.379 e. The van der Waals surface area contributed by atoms with Crippen molar-refractivity contribution in [3.8, 4) is 0 Å². The van der Waals surface area contributed by atoms with Gasteiger partial charge in [0.1, 0.15) is 0 Å². The molecule has 0 atom stereocenters. The molecule has 0 amide bonds. The molecule has 0 aromatic heterocycles. The molecule has 0 aromatic rings. The fourth-order valence-corrected chi connectivity index (χ4v) is 1.96. The molecular formula is C13H29IN4O. The molecule has 2 N–H and O–H groups in total. The maximum Gasteiger partial charge on any atom is 0.190 e. The van der Waals surface area contributed by atoms with E-state index in [0.717, 1.165) is 51.8 Å². The van der Waals surface area contributed by atoms with E-state index in [0.29, 0.717) is 0 Å². The van der Waals surface area contributed by atoms with Crippen molar-refractivity contribution in [2.75, 3.05) is 53.0 Å². The first-order valence-electron chi connectivity index (χ1n) is 7.11. The Labute approximate surface area is 134 Å². The minimum atomic E-state index is 0. The third-order valence-corrected chi connectivity index (χ3v) is 3.06. The number of rotatable bonds is 7. The van der Waals surface area contributed by atoms with Crippen molar-refractivity contribution in [3.05, 3.63) is 0 Å². The van der Waals surface area contributed by atoms with E-state index >= 15 is 0 Å². The van der Waals surface area contributed by atoms with Gasteiger partial charge in [-0.2, -0.15) is 0 Å². The summed E-state index contributed by atoms with van der Waals surface area (Å²) in [6.45, 7) is 9.29. The van der Waals surface area contributed by atoms with Crippen molar-refractivity contribution in [2.24, 2.45) is 4.99 Å². The molecule has 114 valence electrons. The Bertz CT molecular complexity index is 233. The summed E-state index contributed by atoms with van der Waals surface area (Å²) in [5, 5.41) is 6.61. The number of halogens is 1. The molecule has 0 spiro atoms. The maximum absolute atomic E-state index is 5.33. The van der Waals surface area contributed by atoms with Crippen LogP contribution in [0.1, 0.15) is 26.2 Å². The largest absolute Gasteiger partial charge is 0.379 e. The molecule has 0 aliphatic carbocycles. The Morgan fingerprint density at radius 1 is 1.16 bits per heavy atom. The van der Waals surface area contributed by atoms with Gasteiger partial charge in [-0.15, -0.1) is 24.0 Å².